The quantitative estimate of drug-likeness (QED) is 0.703. The summed E-state index contributed by atoms with van der Waals surface area (Å²) in [5.74, 6) is 0.245. The average Bonchev–Trinajstić information content (AvgIpc) is 2.51. The molecule has 1 aliphatic carbocycles. The Morgan fingerprint density at radius 2 is 1.82 bits per heavy atom. The van der Waals surface area contributed by atoms with Crippen LogP contribution in [0, 0.1) is 11.8 Å². The Labute approximate surface area is 105 Å². The normalized spacial score (nSPS) is 20.2. The Kier molecular flexibility index (Phi) is 6.56. The van der Waals surface area contributed by atoms with Crippen molar-refractivity contribution in [3.63, 3.8) is 0 Å². The zero-order chi connectivity index (χ0) is 12.7. The minimum atomic E-state index is -0.721. The first kappa shape index (κ1) is 14.5. The summed E-state index contributed by atoms with van der Waals surface area (Å²) >= 11 is 0. The lowest BCUT2D eigenvalue weighted by Crippen LogP contribution is -2.41. The van der Waals surface area contributed by atoms with Gasteiger partial charge in [0, 0.05) is 0 Å². The van der Waals surface area contributed by atoms with E-state index in [1.165, 1.54) is 38.5 Å². The molecule has 0 saturated heterocycles. The third-order valence-corrected chi connectivity index (χ3v) is 3.82. The van der Waals surface area contributed by atoms with Gasteiger partial charge in [0.15, 0.2) is 0 Å². The monoisotopic (exact) mass is 241 g/mol. The maximum atomic E-state index is 11.0. The fourth-order valence-corrected chi connectivity index (χ4v) is 2.70. The lowest BCUT2D eigenvalue weighted by Gasteiger charge is -2.20. The molecular weight excluding hydrogens is 214 g/mol. The van der Waals surface area contributed by atoms with Gasteiger partial charge in [-0.15, -0.1) is 0 Å². The molecule has 1 atom stereocenters. The number of carbonyl (C=O) groups is 1. The standard InChI is InChI=1S/C14H27NO2/c1-11(2)13(14(16)17)15-10-9-12-7-5-3-4-6-8-12/h11-13,15H,3-10H2,1-2H3,(H,16,17)/t13-/m0/s1. The van der Waals surface area contributed by atoms with Gasteiger partial charge >= 0.3 is 5.97 Å². The van der Waals surface area contributed by atoms with Gasteiger partial charge in [0.2, 0.25) is 0 Å². The Hall–Kier alpha value is -0.570. The zero-order valence-corrected chi connectivity index (χ0v) is 11.2. The maximum Gasteiger partial charge on any atom is 0.320 e. The van der Waals surface area contributed by atoms with Crippen molar-refractivity contribution >= 4 is 5.97 Å². The Morgan fingerprint density at radius 3 is 2.29 bits per heavy atom. The highest BCUT2D eigenvalue weighted by molar-refractivity contribution is 5.73. The molecule has 1 rings (SSSR count). The van der Waals surface area contributed by atoms with E-state index in [4.69, 9.17) is 5.11 Å². The van der Waals surface area contributed by atoms with Gasteiger partial charge in [-0.05, 0) is 24.8 Å². The molecule has 0 amide bonds. The highest BCUT2D eigenvalue weighted by Gasteiger charge is 2.21. The highest BCUT2D eigenvalue weighted by Crippen LogP contribution is 2.24. The molecule has 1 saturated carbocycles. The predicted octanol–water partition coefficient (Wildman–Crippen LogP) is 3.05. The molecule has 100 valence electrons. The van der Waals surface area contributed by atoms with Gasteiger partial charge in [0.25, 0.3) is 0 Å². The van der Waals surface area contributed by atoms with Gasteiger partial charge in [-0.3, -0.25) is 4.79 Å². The van der Waals surface area contributed by atoms with Crippen molar-refractivity contribution in [1.82, 2.24) is 5.32 Å². The van der Waals surface area contributed by atoms with Crippen molar-refractivity contribution < 1.29 is 9.90 Å². The van der Waals surface area contributed by atoms with Crippen molar-refractivity contribution in [3.8, 4) is 0 Å². The summed E-state index contributed by atoms with van der Waals surface area (Å²) in [5, 5.41) is 12.2. The van der Waals surface area contributed by atoms with Crippen molar-refractivity contribution in [2.75, 3.05) is 6.54 Å². The van der Waals surface area contributed by atoms with E-state index in [1.54, 1.807) is 0 Å². The minimum absolute atomic E-state index is 0.154. The molecule has 0 aromatic heterocycles. The molecule has 3 heteroatoms. The van der Waals surface area contributed by atoms with Gasteiger partial charge < -0.3 is 10.4 Å². The van der Waals surface area contributed by atoms with Crippen LogP contribution in [0.15, 0.2) is 0 Å². The number of nitrogens with one attached hydrogen (secondary N) is 1. The summed E-state index contributed by atoms with van der Waals surface area (Å²) in [6, 6.07) is -0.388. The summed E-state index contributed by atoms with van der Waals surface area (Å²) < 4.78 is 0. The number of hydrogen-bond acceptors (Lipinski definition) is 2. The number of carboxylic acids is 1. The molecular formula is C14H27NO2. The second-order valence-corrected chi connectivity index (χ2v) is 5.66. The fraction of sp³-hybridized carbons (Fsp3) is 0.929. The number of aliphatic carboxylic acids is 1. The number of carboxylic acid groups (broad SMARTS) is 1. The molecule has 17 heavy (non-hydrogen) atoms. The molecule has 0 heterocycles. The van der Waals surface area contributed by atoms with Crippen molar-refractivity contribution in [2.45, 2.75) is 64.8 Å². The van der Waals surface area contributed by atoms with Crippen LogP contribution in [0.1, 0.15) is 58.8 Å². The zero-order valence-electron chi connectivity index (χ0n) is 11.2. The van der Waals surface area contributed by atoms with E-state index in [2.05, 4.69) is 5.32 Å². The van der Waals surface area contributed by atoms with Crippen LogP contribution in [-0.4, -0.2) is 23.7 Å². The molecule has 0 radical (unpaired) electrons. The summed E-state index contributed by atoms with van der Waals surface area (Å²) in [4.78, 5) is 11.0. The first-order valence-electron chi connectivity index (χ1n) is 7.07. The van der Waals surface area contributed by atoms with Gasteiger partial charge in [-0.2, -0.15) is 0 Å². The number of hydrogen-bond donors (Lipinski definition) is 2. The molecule has 1 aliphatic rings. The SMILES string of the molecule is CC(C)[C@H](NCCC1CCCCCC1)C(=O)O. The van der Waals surface area contributed by atoms with Crippen LogP contribution in [0.3, 0.4) is 0 Å². The van der Waals surface area contributed by atoms with E-state index in [0.29, 0.717) is 0 Å². The predicted molar refractivity (Wildman–Crippen MR) is 70.1 cm³/mol. The molecule has 1 fully saturated rings. The van der Waals surface area contributed by atoms with E-state index >= 15 is 0 Å². The lowest BCUT2D eigenvalue weighted by molar-refractivity contribution is -0.140. The van der Waals surface area contributed by atoms with Crippen molar-refractivity contribution in [2.24, 2.45) is 11.8 Å². The van der Waals surface area contributed by atoms with Crippen LogP contribution in [-0.2, 0) is 4.79 Å². The van der Waals surface area contributed by atoms with Crippen molar-refractivity contribution in [1.29, 1.82) is 0 Å². The third-order valence-electron chi connectivity index (χ3n) is 3.82. The Bertz CT molecular complexity index is 220. The topological polar surface area (TPSA) is 49.3 Å². The first-order chi connectivity index (χ1) is 8.11. The second kappa shape index (κ2) is 7.70. The molecule has 0 bridgehead atoms. The Balaban J connectivity index is 2.22. The van der Waals surface area contributed by atoms with E-state index < -0.39 is 5.97 Å². The molecule has 3 nitrogen and oxygen atoms in total. The van der Waals surface area contributed by atoms with Crippen LogP contribution in [0.2, 0.25) is 0 Å². The molecule has 0 aliphatic heterocycles. The third kappa shape index (κ3) is 5.53. The Morgan fingerprint density at radius 1 is 1.24 bits per heavy atom. The van der Waals surface area contributed by atoms with E-state index in [-0.39, 0.29) is 12.0 Å². The first-order valence-corrected chi connectivity index (χ1v) is 7.07. The van der Waals surface area contributed by atoms with Crippen LogP contribution >= 0.6 is 0 Å². The summed E-state index contributed by atoms with van der Waals surface area (Å²) in [6.07, 6.45) is 9.29. The van der Waals surface area contributed by atoms with Gasteiger partial charge in [-0.1, -0.05) is 52.4 Å². The van der Waals surface area contributed by atoms with E-state index in [9.17, 15) is 4.79 Å². The summed E-state index contributed by atoms with van der Waals surface area (Å²) in [7, 11) is 0. The maximum absolute atomic E-state index is 11.0. The van der Waals surface area contributed by atoms with Crippen LogP contribution in [0.4, 0.5) is 0 Å². The van der Waals surface area contributed by atoms with Gasteiger partial charge in [-0.25, -0.2) is 0 Å². The smallest absolute Gasteiger partial charge is 0.320 e. The number of rotatable bonds is 6. The molecule has 0 spiro atoms. The van der Waals surface area contributed by atoms with Crippen LogP contribution < -0.4 is 5.32 Å². The summed E-state index contributed by atoms with van der Waals surface area (Å²) in [5.41, 5.74) is 0. The summed E-state index contributed by atoms with van der Waals surface area (Å²) in [6.45, 7) is 4.76. The average molecular weight is 241 g/mol. The van der Waals surface area contributed by atoms with E-state index in [0.717, 1.165) is 18.9 Å². The minimum Gasteiger partial charge on any atom is -0.480 e. The van der Waals surface area contributed by atoms with Crippen molar-refractivity contribution in [3.05, 3.63) is 0 Å². The van der Waals surface area contributed by atoms with Crippen LogP contribution in [0.5, 0.6) is 0 Å². The van der Waals surface area contributed by atoms with E-state index in [1.807, 2.05) is 13.8 Å². The fourth-order valence-electron chi connectivity index (χ4n) is 2.70. The second-order valence-electron chi connectivity index (χ2n) is 5.66. The van der Waals surface area contributed by atoms with Gasteiger partial charge in [0.1, 0.15) is 6.04 Å². The largest absolute Gasteiger partial charge is 0.480 e. The molecule has 0 aromatic carbocycles. The molecule has 2 N–H and O–H groups in total. The molecule has 0 unspecified atom stereocenters. The van der Waals surface area contributed by atoms with Gasteiger partial charge in [0.05, 0.1) is 0 Å². The molecule has 0 aromatic rings. The lowest BCUT2D eigenvalue weighted by atomic mass is 9.96. The van der Waals surface area contributed by atoms with Crippen LogP contribution in [0.25, 0.3) is 0 Å². The highest BCUT2D eigenvalue weighted by atomic mass is 16.4.